The normalized spacial score (nSPS) is 16.7. The Balaban J connectivity index is 0.00000392. The number of hydrogen-bond donors (Lipinski definition) is 1. The lowest BCUT2D eigenvalue weighted by Gasteiger charge is -2.21. The van der Waals surface area contributed by atoms with Crippen molar-refractivity contribution in [1.29, 1.82) is 0 Å². The Morgan fingerprint density at radius 2 is 2.07 bits per heavy atom. The van der Waals surface area contributed by atoms with Crippen LogP contribution in [0.15, 0.2) is 29.3 Å². The zero-order valence-corrected chi connectivity index (χ0v) is 19.3. The van der Waals surface area contributed by atoms with Crippen molar-refractivity contribution in [3.8, 4) is 0 Å². The van der Waals surface area contributed by atoms with Crippen molar-refractivity contribution in [3.63, 3.8) is 0 Å². The standard InChI is InChI=1S/C20H32N4O3.HI/c1-3-21-20(23-14-12-18(15-23)16-27-4-2)22-13-6-5-7-17-8-10-19(11-9-17)24(25)26;/h8-11,18H,3-7,12-16H2,1-2H3,(H,21,22);1H. The number of unbranched alkanes of at least 4 members (excludes halogenated alkanes) is 1. The number of nitro benzene ring substituents is 1. The first-order valence-electron chi connectivity index (χ1n) is 9.98. The molecule has 1 unspecified atom stereocenters. The first kappa shape index (κ1) is 24.6. The average Bonchev–Trinajstić information content (AvgIpc) is 3.14. The molecule has 2 rings (SSSR count). The van der Waals surface area contributed by atoms with Gasteiger partial charge in [-0.05, 0) is 45.1 Å². The Morgan fingerprint density at radius 3 is 2.71 bits per heavy atom. The second-order valence-electron chi connectivity index (χ2n) is 6.88. The van der Waals surface area contributed by atoms with Crippen molar-refractivity contribution in [2.75, 3.05) is 39.4 Å². The van der Waals surface area contributed by atoms with E-state index in [1.54, 1.807) is 12.1 Å². The largest absolute Gasteiger partial charge is 0.381 e. The van der Waals surface area contributed by atoms with E-state index in [4.69, 9.17) is 9.73 Å². The minimum atomic E-state index is -0.363. The maximum absolute atomic E-state index is 10.7. The summed E-state index contributed by atoms with van der Waals surface area (Å²) in [4.78, 5) is 17.4. The molecule has 0 aliphatic carbocycles. The molecule has 8 heteroatoms. The van der Waals surface area contributed by atoms with Crippen molar-refractivity contribution in [1.82, 2.24) is 10.2 Å². The summed E-state index contributed by atoms with van der Waals surface area (Å²) in [7, 11) is 0. The van der Waals surface area contributed by atoms with Crippen LogP contribution in [0, 0.1) is 16.0 Å². The molecule has 1 fully saturated rings. The van der Waals surface area contributed by atoms with E-state index in [1.165, 1.54) is 0 Å². The molecule has 1 saturated heterocycles. The lowest BCUT2D eigenvalue weighted by Crippen LogP contribution is -2.40. The van der Waals surface area contributed by atoms with Crippen LogP contribution >= 0.6 is 24.0 Å². The minimum Gasteiger partial charge on any atom is -0.381 e. The molecule has 1 aromatic rings. The number of benzene rings is 1. The summed E-state index contributed by atoms with van der Waals surface area (Å²) in [6, 6.07) is 6.83. The van der Waals surface area contributed by atoms with Crippen LogP contribution in [0.25, 0.3) is 0 Å². The smallest absolute Gasteiger partial charge is 0.269 e. The zero-order chi connectivity index (χ0) is 19.5. The van der Waals surface area contributed by atoms with Crippen LogP contribution in [0.3, 0.4) is 0 Å². The van der Waals surface area contributed by atoms with Crippen LogP contribution in [0.5, 0.6) is 0 Å². The maximum Gasteiger partial charge on any atom is 0.269 e. The Bertz CT molecular complexity index is 610. The van der Waals surface area contributed by atoms with E-state index < -0.39 is 0 Å². The van der Waals surface area contributed by atoms with Gasteiger partial charge in [0.25, 0.3) is 5.69 Å². The SMILES string of the molecule is CCNC(=NCCCCc1ccc([N+](=O)[O-])cc1)N1CCC(COCC)C1.I. The number of likely N-dealkylation sites (tertiary alicyclic amines) is 1. The number of aliphatic imine (C=N–C) groups is 1. The highest BCUT2D eigenvalue weighted by atomic mass is 127. The van der Waals surface area contributed by atoms with Gasteiger partial charge in [0, 0.05) is 50.8 Å². The number of nitro groups is 1. The second kappa shape index (κ2) is 13.7. The highest BCUT2D eigenvalue weighted by Gasteiger charge is 2.24. The number of hydrogen-bond acceptors (Lipinski definition) is 4. The summed E-state index contributed by atoms with van der Waals surface area (Å²) >= 11 is 0. The van der Waals surface area contributed by atoms with Gasteiger partial charge in [0.2, 0.25) is 0 Å². The number of nitrogens with one attached hydrogen (secondary N) is 1. The van der Waals surface area contributed by atoms with Crippen LogP contribution in [0.1, 0.15) is 38.7 Å². The van der Waals surface area contributed by atoms with Crippen LogP contribution in [0.2, 0.25) is 0 Å². The number of non-ortho nitro benzene ring substituents is 1. The fraction of sp³-hybridized carbons (Fsp3) is 0.650. The highest BCUT2D eigenvalue weighted by Crippen LogP contribution is 2.17. The predicted octanol–water partition coefficient (Wildman–Crippen LogP) is 3.86. The van der Waals surface area contributed by atoms with Gasteiger partial charge < -0.3 is 15.0 Å². The summed E-state index contributed by atoms with van der Waals surface area (Å²) in [6.07, 6.45) is 4.10. The lowest BCUT2D eigenvalue weighted by atomic mass is 10.1. The Morgan fingerprint density at radius 1 is 1.32 bits per heavy atom. The molecule has 0 spiro atoms. The number of guanidine groups is 1. The number of aryl methyl sites for hydroxylation is 1. The molecule has 1 aliphatic heterocycles. The van der Waals surface area contributed by atoms with E-state index in [1.807, 2.05) is 19.1 Å². The van der Waals surface area contributed by atoms with Gasteiger partial charge in [-0.15, -0.1) is 24.0 Å². The van der Waals surface area contributed by atoms with Gasteiger partial charge in [0.15, 0.2) is 5.96 Å². The third-order valence-electron chi connectivity index (χ3n) is 4.76. The number of halogens is 1. The van der Waals surface area contributed by atoms with E-state index in [2.05, 4.69) is 17.1 Å². The van der Waals surface area contributed by atoms with Gasteiger partial charge in [-0.2, -0.15) is 0 Å². The van der Waals surface area contributed by atoms with Crippen LogP contribution in [0.4, 0.5) is 5.69 Å². The molecule has 1 aliphatic rings. The Kier molecular flexibility index (Phi) is 12.1. The minimum absolute atomic E-state index is 0. The second-order valence-corrected chi connectivity index (χ2v) is 6.88. The van der Waals surface area contributed by atoms with Crippen molar-refractivity contribution in [2.24, 2.45) is 10.9 Å². The van der Waals surface area contributed by atoms with Crippen LogP contribution < -0.4 is 5.32 Å². The molecule has 1 N–H and O–H groups in total. The fourth-order valence-corrected chi connectivity index (χ4v) is 3.28. The summed E-state index contributed by atoms with van der Waals surface area (Å²) in [5.74, 6) is 1.60. The van der Waals surface area contributed by atoms with Crippen molar-refractivity contribution in [3.05, 3.63) is 39.9 Å². The Hall–Kier alpha value is -1.42. The molecule has 0 radical (unpaired) electrons. The predicted molar refractivity (Wildman–Crippen MR) is 124 cm³/mol. The van der Waals surface area contributed by atoms with Gasteiger partial charge in [-0.3, -0.25) is 15.1 Å². The Labute approximate surface area is 185 Å². The quantitative estimate of drug-likeness (QED) is 0.131. The molecule has 1 atom stereocenters. The van der Waals surface area contributed by atoms with E-state index in [-0.39, 0.29) is 34.6 Å². The molecule has 0 aromatic heterocycles. The molecule has 28 heavy (non-hydrogen) atoms. The molecule has 0 amide bonds. The van der Waals surface area contributed by atoms with Crippen LogP contribution in [-0.4, -0.2) is 55.2 Å². The topological polar surface area (TPSA) is 80.0 Å². The summed E-state index contributed by atoms with van der Waals surface area (Å²) in [5, 5.41) is 14.1. The van der Waals surface area contributed by atoms with E-state index >= 15 is 0 Å². The first-order chi connectivity index (χ1) is 13.1. The van der Waals surface area contributed by atoms with Crippen LogP contribution in [-0.2, 0) is 11.2 Å². The molecule has 0 bridgehead atoms. The average molecular weight is 504 g/mol. The summed E-state index contributed by atoms with van der Waals surface area (Å²) in [5.41, 5.74) is 1.28. The molecule has 1 heterocycles. The van der Waals surface area contributed by atoms with Gasteiger partial charge >= 0.3 is 0 Å². The molecule has 0 saturated carbocycles. The molecule has 7 nitrogen and oxygen atoms in total. The molecular formula is C20H33IN4O3. The molecule has 1 aromatic carbocycles. The first-order valence-corrected chi connectivity index (χ1v) is 9.98. The van der Waals surface area contributed by atoms with Gasteiger partial charge in [-0.1, -0.05) is 12.1 Å². The van der Waals surface area contributed by atoms with E-state index in [0.29, 0.717) is 5.92 Å². The third kappa shape index (κ3) is 8.30. The summed E-state index contributed by atoms with van der Waals surface area (Å²) < 4.78 is 5.56. The zero-order valence-electron chi connectivity index (χ0n) is 16.9. The van der Waals surface area contributed by atoms with Gasteiger partial charge in [0.1, 0.15) is 0 Å². The highest BCUT2D eigenvalue weighted by molar-refractivity contribution is 14.0. The number of rotatable bonds is 10. The molecule has 158 valence electrons. The van der Waals surface area contributed by atoms with E-state index in [9.17, 15) is 10.1 Å². The third-order valence-corrected chi connectivity index (χ3v) is 4.76. The van der Waals surface area contributed by atoms with E-state index in [0.717, 1.165) is 76.6 Å². The van der Waals surface area contributed by atoms with Crippen molar-refractivity contribution in [2.45, 2.75) is 39.5 Å². The number of ether oxygens (including phenoxy) is 1. The monoisotopic (exact) mass is 504 g/mol. The van der Waals surface area contributed by atoms with Gasteiger partial charge in [-0.25, -0.2) is 0 Å². The van der Waals surface area contributed by atoms with Crippen molar-refractivity contribution >= 4 is 35.6 Å². The summed E-state index contributed by atoms with van der Waals surface area (Å²) in [6.45, 7) is 9.45. The maximum atomic E-state index is 10.7. The van der Waals surface area contributed by atoms with Crippen molar-refractivity contribution < 1.29 is 9.66 Å². The van der Waals surface area contributed by atoms with Gasteiger partial charge in [0.05, 0.1) is 11.5 Å². The lowest BCUT2D eigenvalue weighted by molar-refractivity contribution is -0.384. The fourth-order valence-electron chi connectivity index (χ4n) is 3.28. The molecular weight excluding hydrogens is 471 g/mol. The number of nitrogens with zero attached hydrogens (tertiary/aromatic N) is 3.